The Hall–Kier alpha value is -0.990. The van der Waals surface area contributed by atoms with E-state index in [0.29, 0.717) is 0 Å². The highest BCUT2D eigenvalue weighted by Crippen LogP contribution is 2.26. The van der Waals surface area contributed by atoms with Gasteiger partial charge in [0.05, 0.1) is 5.02 Å². The molecule has 3 heteroatoms. The van der Waals surface area contributed by atoms with Crippen LogP contribution in [0.5, 0.6) is 0 Å². The van der Waals surface area contributed by atoms with Crippen LogP contribution in [0, 0.1) is 5.92 Å². The van der Waals surface area contributed by atoms with Gasteiger partial charge in [-0.1, -0.05) is 17.7 Å². The first-order chi connectivity index (χ1) is 8.33. The molecule has 90 valence electrons. The number of nitrogens with one attached hydrogen (secondary N) is 2. The Balaban J connectivity index is 1.82. The summed E-state index contributed by atoms with van der Waals surface area (Å²) in [5.74, 6) is 0.825. The molecule has 0 radical (unpaired) electrons. The van der Waals surface area contributed by atoms with Crippen molar-refractivity contribution >= 4 is 22.5 Å². The van der Waals surface area contributed by atoms with Crippen LogP contribution in [0.15, 0.2) is 24.4 Å². The molecule has 0 saturated carbocycles. The number of aromatic amines is 1. The predicted molar refractivity (Wildman–Crippen MR) is 72.6 cm³/mol. The molecule has 0 atom stereocenters. The van der Waals surface area contributed by atoms with Gasteiger partial charge >= 0.3 is 0 Å². The Labute approximate surface area is 106 Å². The molecule has 2 aromatic rings. The molecule has 0 spiro atoms. The van der Waals surface area contributed by atoms with Crippen LogP contribution in [0.3, 0.4) is 0 Å². The average molecular weight is 249 g/mol. The minimum Gasteiger partial charge on any atom is -0.360 e. The van der Waals surface area contributed by atoms with Crippen LogP contribution in [0.25, 0.3) is 10.9 Å². The monoisotopic (exact) mass is 248 g/mol. The van der Waals surface area contributed by atoms with Crippen LogP contribution in [0.2, 0.25) is 5.02 Å². The Bertz CT molecular complexity index is 512. The second-order valence-corrected chi connectivity index (χ2v) is 5.32. The Kier molecular flexibility index (Phi) is 3.08. The summed E-state index contributed by atoms with van der Waals surface area (Å²) in [5, 5.41) is 5.39. The zero-order valence-corrected chi connectivity index (χ0v) is 10.6. The van der Waals surface area contributed by atoms with Crippen LogP contribution < -0.4 is 5.32 Å². The first kappa shape index (κ1) is 11.1. The van der Waals surface area contributed by atoms with Crippen molar-refractivity contribution in [1.29, 1.82) is 0 Å². The number of benzene rings is 1. The lowest BCUT2D eigenvalue weighted by atomic mass is 9.91. The van der Waals surface area contributed by atoms with E-state index in [0.717, 1.165) is 34.9 Å². The Morgan fingerprint density at radius 2 is 2.06 bits per heavy atom. The molecule has 0 amide bonds. The number of fused-ring (bicyclic) bond motifs is 1. The first-order valence-electron chi connectivity index (χ1n) is 6.29. The normalized spacial score (nSPS) is 17.7. The van der Waals surface area contributed by atoms with Crippen molar-refractivity contribution in [3.63, 3.8) is 0 Å². The second kappa shape index (κ2) is 4.71. The van der Waals surface area contributed by atoms with Gasteiger partial charge in [-0.05, 0) is 56.0 Å². The summed E-state index contributed by atoms with van der Waals surface area (Å²) in [6, 6.07) is 6.59. The molecule has 2 heterocycles. The molecule has 1 aliphatic heterocycles. The number of halogens is 1. The van der Waals surface area contributed by atoms with Crippen LogP contribution >= 0.6 is 11.6 Å². The van der Waals surface area contributed by atoms with E-state index in [2.05, 4.69) is 28.5 Å². The molecule has 1 saturated heterocycles. The Morgan fingerprint density at radius 1 is 1.24 bits per heavy atom. The number of rotatable bonds is 2. The standard InChI is InChI=1S/C14H17ClN2/c15-13-9-17-14-2-1-11(8-12(13)14)7-10-3-5-16-6-4-10/h1-2,8-10,16-17H,3-7H2. The van der Waals surface area contributed by atoms with Gasteiger partial charge in [-0.2, -0.15) is 0 Å². The highest BCUT2D eigenvalue weighted by molar-refractivity contribution is 6.35. The fourth-order valence-electron chi connectivity index (χ4n) is 2.68. The first-order valence-corrected chi connectivity index (χ1v) is 6.67. The van der Waals surface area contributed by atoms with Crippen molar-refractivity contribution in [1.82, 2.24) is 10.3 Å². The number of H-pyrrole nitrogens is 1. The number of piperidine rings is 1. The van der Waals surface area contributed by atoms with Crippen LogP contribution in [0.1, 0.15) is 18.4 Å². The maximum atomic E-state index is 6.15. The van der Waals surface area contributed by atoms with E-state index >= 15 is 0 Å². The molecule has 0 bridgehead atoms. The summed E-state index contributed by atoms with van der Waals surface area (Å²) < 4.78 is 0. The fraction of sp³-hybridized carbons (Fsp3) is 0.429. The lowest BCUT2D eigenvalue weighted by molar-refractivity contribution is 0.373. The molecule has 1 fully saturated rings. The van der Waals surface area contributed by atoms with E-state index in [1.165, 1.54) is 24.8 Å². The Morgan fingerprint density at radius 3 is 2.88 bits per heavy atom. The van der Waals surface area contributed by atoms with Gasteiger partial charge in [0.2, 0.25) is 0 Å². The van der Waals surface area contributed by atoms with E-state index in [-0.39, 0.29) is 0 Å². The molecule has 2 nitrogen and oxygen atoms in total. The third-order valence-corrected chi connectivity index (χ3v) is 3.99. The minimum absolute atomic E-state index is 0.825. The molecular weight excluding hydrogens is 232 g/mol. The van der Waals surface area contributed by atoms with Gasteiger partial charge < -0.3 is 10.3 Å². The van der Waals surface area contributed by atoms with Crippen molar-refractivity contribution in [2.24, 2.45) is 5.92 Å². The molecule has 17 heavy (non-hydrogen) atoms. The summed E-state index contributed by atoms with van der Waals surface area (Å²) in [6.07, 6.45) is 5.62. The van der Waals surface area contributed by atoms with Gasteiger partial charge in [0.25, 0.3) is 0 Å². The van der Waals surface area contributed by atoms with E-state index in [9.17, 15) is 0 Å². The van der Waals surface area contributed by atoms with Crippen molar-refractivity contribution < 1.29 is 0 Å². The molecule has 0 aliphatic carbocycles. The predicted octanol–water partition coefficient (Wildman–Crippen LogP) is 3.36. The molecule has 0 unspecified atom stereocenters. The van der Waals surface area contributed by atoms with Crippen molar-refractivity contribution in [2.45, 2.75) is 19.3 Å². The van der Waals surface area contributed by atoms with Crippen LogP contribution in [0.4, 0.5) is 0 Å². The van der Waals surface area contributed by atoms with Crippen LogP contribution in [-0.4, -0.2) is 18.1 Å². The molecule has 1 aromatic heterocycles. The van der Waals surface area contributed by atoms with Gasteiger partial charge in [0, 0.05) is 17.1 Å². The molecule has 3 rings (SSSR count). The third-order valence-electron chi connectivity index (χ3n) is 3.68. The highest BCUT2D eigenvalue weighted by atomic mass is 35.5. The topological polar surface area (TPSA) is 27.8 Å². The lowest BCUT2D eigenvalue weighted by Gasteiger charge is -2.22. The van der Waals surface area contributed by atoms with Crippen molar-refractivity contribution in [3.8, 4) is 0 Å². The van der Waals surface area contributed by atoms with E-state index < -0.39 is 0 Å². The van der Waals surface area contributed by atoms with Crippen molar-refractivity contribution in [3.05, 3.63) is 35.0 Å². The third kappa shape index (κ3) is 2.33. The second-order valence-electron chi connectivity index (χ2n) is 4.91. The maximum absolute atomic E-state index is 6.15. The van der Waals surface area contributed by atoms with Gasteiger partial charge in [0.15, 0.2) is 0 Å². The molecule has 1 aromatic carbocycles. The van der Waals surface area contributed by atoms with E-state index in [4.69, 9.17) is 11.6 Å². The van der Waals surface area contributed by atoms with Crippen LogP contribution in [-0.2, 0) is 6.42 Å². The number of hydrogen-bond donors (Lipinski definition) is 2. The lowest BCUT2D eigenvalue weighted by Crippen LogP contribution is -2.28. The number of aromatic nitrogens is 1. The summed E-state index contributed by atoms with van der Waals surface area (Å²) in [7, 11) is 0. The highest BCUT2D eigenvalue weighted by Gasteiger charge is 2.14. The summed E-state index contributed by atoms with van der Waals surface area (Å²) in [4.78, 5) is 3.18. The van der Waals surface area contributed by atoms with Gasteiger partial charge in [-0.15, -0.1) is 0 Å². The fourth-order valence-corrected chi connectivity index (χ4v) is 2.89. The largest absolute Gasteiger partial charge is 0.360 e. The zero-order chi connectivity index (χ0) is 11.7. The zero-order valence-electron chi connectivity index (χ0n) is 9.80. The average Bonchev–Trinajstić information content (AvgIpc) is 2.73. The van der Waals surface area contributed by atoms with E-state index in [1.54, 1.807) is 0 Å². The quantitative estimate of drug-likeness (QED) is 0.838. The van der Waals surface area contributed by atoms with Gasteiger partial charge in [0.1, 0.15) is 0 Å². The summed E-state index contributed by atoms with van der Waals surface area (Å²) in [5.41, 5.74) is 2.54. The van der Waals surface area contributed by atoms with Gasteiger partial charge in [-0.25, -0.2) is 0 Å². The smallest absolute Gasteiger partial charge is 0.0659 e. The minimum atomic E-state index is 0.825. The van der Waals surface area contributed by atoms with E-state index in [1.807, 2.05) is 6.20 Å². The molecule has 1 aliphatic rings. The molecular formula is C14H17ClN2. The van der Waals surface area contributed by atoms with Crippen molar-refractivity contribution in [2.75, 3.05) is 13.1 Å². The summed E-state index contributed by atoms with van der Waals surface area (Å²) in [6.45, 7) is 2.33. The SMILES string of the molecule is Clc1c[nH]c2ccc(CC3CCNCC3)cc12. The molecule has 2 N–H and O–H groups in total. The summed E-state index contributed by atoms with van der Waals surface area (Å²) >= 11 is 6.15. The maximum Gasteiger partial charge on any atom is 0.0659 e. The number of hydrogen-bond acceptors (Lipinski definition) is 1. The van der Waals surface area contributed by atoms with Gasteiger partial charge in [-0.3, -0.25) is 0 Å².